The Kier molecular flexibility index (Phi) is 3.55. The molecule has 0 aliphatic carbocycles. The lowest BCUT2D eigenvalue weighted by Gasteiger charge is -2.34. The van der Waals surface area contributed by atoms with Crippen molar-refractivity contribution in [3.8, 4) is 0 Å². The second-order valence-electron chi connectivity index (χ2n) is 4.98. The van der Waals surface area contributed by atoms with Crippen LogP contribution in [0.3, 0.4) is 0 Å². The number of aryl methyl sites for hydroxylation is 2. The van der Waals surface area contributed by atoms with Crippen LogP contribution in [-0.4, -0.2) is 51.9 Å². The Hall–Kier alpha value is -2.44. The fourth-order valence-electron chi connectivity index (χ4n) is 2.44. The molecule has 0 atom stereocenters. The molecule has 2 aromatic rings. The molecule has 2 aromatic heterocycles. The van der Waals surface area contributed by atoms with Crippen molar-refractivity contribution in [2.45, 2.75) is 13.8 Å². The van der Waals surface area contributed by atoms with Crippen LogP contribution in [0.15, 0.2) is 22.9 Å². The molecule has 3 rings (SSSR count). The van der Waals surface area contributed by atoms with Crippen molar-refractivity contribution < 1.29 is 9.21 Å². The highest BCUT2D eigenvalue weighted by Crippen LogP contribution is 2.15. The molecule has 0 radical (unpaired) electrons. The standard InChI is InChI=1S/C14H17N5O2/c1-10-12(21-11(2)17-10)13(20)18-6-8-19(9-7-18)14-15-4-3-5-16-14/h3-5H,6-9H2,1-2H3. The molecule has 7 heteroatoms. The van der Waals surface area contributed by atoms with Gasteiger partial charge in [-0.25, -0.2) is 15.0 Å². The molecule has 1 fully saturated rings. The molecule has 1 aliphatic rings. The molecular weight excluding hydrogens is 270 g/mol. The van der Waals surface area contributed by atoms with Crippen molar-refractivity contribution in [1.82, 2.24) is 19.9 Å². The minimum atomic E-state index is -0.0956. The van der Waals surface area contributed by atoms with Crippen molar-refractivity contribution in [1.29, 1.82) is 0 Å². The van der Waals surface area contributed by atoms with E-state index in [1.165, 1.54) is 0 Å². The second kappa shape index (κ2) is 5.51. The lowest BCUT2D eigenvalue weighted by Crippen LogP contribution is -2.49. The van der Waals surface area contributed by atoms with Gasteiger partial charge in [0.25, 0.3) is 5.91 Å². The number of aromatic nitrogens is 3. The minimum Gasteiger partial charge on any atom is -0.436 e. The van der Waals surface area contributed by atoms with E-state index in [1.54, 1.807) is 37.2 Å². The van der Waals surface area contributed by atoms with Gasteiger partial charge in [-0.1, -0.05) is 0 Å². The average Bonchev–Trinajstić information content (AvgIpc) is 2.86. The molecule has 0 unspecified atom stereocenters. The number of hydrogen-bond donors (Lipinski definition) is 0. The molecule has 1 aliphatic heterocycles. The summed E-state index contributed by atoms with van der Waals surface area (Å²) in [6.07, 6.45) is 3.45. The molecular formula is C14H17N5O2. The zero-order valence-corrected chi connectivity index (χ0v) is 12.1. The van der Waals surface area contributed by atoms with E-state index in [1.807, 2.05) is 0 Å². The van der Waals surface area contributed by atoms with Crippen molar-refractivity contribution in [3.63, 3.8) is 0 Å². The van der Waals surface area contributed by atoms with E-state index >= 15 is 0 Å². The number of rotatable bonds is 2. The highest BCUT2D eigenvalue weighted by molar-refractivity contribution is 5.92. The number of anilines is 1. The van der Waals surface area contributed by atoms with Gasteiger partial charge in [0, 0.05) is 45.5 Å². The summed E-state index contributed by atoms with van der Waals surface area (Å²) < 4.78 is 5.40. The largest absolute Gasteiger partial charge is 0.436 e. The smallest absolute Gasteiger partial charge is 0.291 e. The Morgan fingerprint density at radius 2 is 1.81 bits per heavy atom. The molecule has 0 N–H and O–H groups in total. The number of hydrogen-bond acceptors (Lipinski definition) is 6. The van der Waals surface area contributed by atoms with Crippen LogP contribution in [0.2, 0.25) is 0 Å². The fraction of sp³-hybridized carbons (Fsp3) is 0.429. The third-order valence-electron chi connectivity index (χ3n) is 3.50. The van der Waals surface area contributed by atoms with Gasteiger partial charge in [0.1, 0.15) is 0 Å². The molecule has 110 valence electrons. The van der Waals surface area contributed by atoms with Crippen molar-refractivity contribution in [3.05, 3.63) is 35.8 Å². The van der Waals surface area contributed by atoms with Crippen LogP contribution >= 0.6 is 0 Å². The maximum Gasteiger partial charge on any atom is 0.291 e. The number of amides is 1. The van der Waals surface area contributed by atoms with Crippen molar-refractivity contribution in [2.24, 2.45) is 0 Å². The van der Waals surface area contributed by atoms with Crippen LogP contribution in [0, 0.1) is 13.8 Å². The number of carbonyl (C=O) groups is 1. The van der Waals surface area contributed by atoms with Gasteiger partial charge in [-0.2, -0.15) is 0 Å². The molecule has 1 amide bonds. The van der Waals surface area contributed by atoms with E-state index in [0.29, 0.717) is 49.5 Å². The Morgan fingerprint density at radius 3 is 2.38 bits per heavy atom. The molecule has 0 saturated carbocycles. The van der Waals surface area contributed by atoms with Crippen LogP contribution in [0.4, 0.5) is 5.95 Å². The highest BCUT2D eigenvalue weighted by Gasteiger charge is 2.26. The molecule has 7 nitrogen and oxygen atoms in total. The monoisotopic (exact) mass is 287 g/mol. The van der Waals surface area contributed by atoms with E-state index < -0.39 is 0 Å². The van der Waals surface area contributed by atoms with E-state index in [2.05, 4.69) is 19.9 Å². The number of oxazole rings is 1. The molecule has 0 bridgehead atoms. The van der Waals surface area contributed by atoms with Gasteiger partial charge in [0.15, 0.2) is 5.89 Å². The maximum absolute atomic E-state index is 12.4. The van der Waals surface area contributed by atoms with Crippen LogP contribution < -0.4 is 4.90 Å². The summed E-state index contributed by atoms with van der Waals surface area (Å²) in [6.45, 7) is 6.20. The van der Waals surface area contributed by atoms with Crippen molar-refractivity contribution in [2.75, 3.05) is 31.1 Å². The quantitative estimate of drug-likeness (QED) is 0.821. The first-order chi connectivity index (χ1) is 10.1. The first-order valence-electron chi connectivity index (χ1n) is 6.90. The fourth-order valence-corrected chi connectivity index (χ4v) is 2.44. The number of carbonyl (C=O) groups excluding carboxylic acids is 1. The first kappa shape index (κ1) is 13.5. The normalized spacial score (nSPS) is 15.3. The maximum atomic E-state index is 12.4. The van der Waals surface area contributed by atoms with Gasteiger partial charge >= 0.3 is 0 Å². The van der Waals surface area contributed by atoms with Gasteiger partial charge in [0.2, 0.25) is 11.7 Å². The summed E-state index contributed by atoms with van der Waals surface area (Å²) in [6, 6.07) is 1.79. The molecule has 0 spiro atoms. The Balaban J connectivity index is 1.66. The van der Waals surface area contributed by atoms with Gasteiger partial charge in [-0.3, -0.25) is 4.79 Å². The van der Waals surface area contributed by atoms with Crippen LogP contribution in [-0.2, 0) is 0 Å². The zero-order valence-electron chi connectivity index (χ0n) is 12.1. The first-order valence-corrected chi connectivity index (χ1v) is 6.90. The van der Waals surface area contributed by atoms with Crippen LogP contribution in [0.1, 0.15) is 22.1 Å². The summed E-state index contributed by atoms with van der Waals surface area (Å²) in [4.78, 5) is 28.9. The topological polar surface area (TPSA) is 75.4 Å². The Morgan fingerprint density at radius 1 is 1.14 bits per heavy atom. The summed E-state index contributed by atoms with van der Waals surface area (Å²) in [7, 11) is 0. The van der Waals surface area contributed by atoms with E-state index in [4.69, 9.17) is 4.42 Å². The molecule has 3 heterocycles. The summed E-state index contributed by atoms with van der Waals surface area (Å²) >= 11 is 0. The van der Waals surface area contributed by atoms with Gasteiger partial charge in [-0.05, 0) is 13.0 Å². The van der Waals surface area contributed by atoms with E-state index in [0.717, 1.165) is 0 Å². The van der Waals surface area contributed by atoms with Crippen LogP contribution in [0.5, 0.6) is 0 Å². The van der Waals surface area contributed by atoms with Crippen LogP contribution in [0.25, 0.3) is 0 Å². The lowest BCUT2D eigenvalue weighted by molar-refractivity contribution is 0.0711. The minimum absolute atomic E-state index is 0.0956. The number of nitrogens with zero attached hydrogens (tertiary/aromatic N) is 5. The Bertz CT molecular complexity index is 632. The molecule has 0 aromatic carbocycles. The van der Waals surface area contributed by atoms with Gasteiger partial charge < -0.3 is 14.2 Å². The third kappa shape index (κ3) is 2.72. The van der Waals surface area contributed by atoms with Crippen molar-refractivity contribution >= 4 is 11.9 Å². The van der Waals surface area contributed by atoms with E-state index in [-0.39, 0.29) is 5.91 Å². The Labute approximate surface area is 122 Å². The average molecular weight is 287 g/mol. The predicted octanol–water partition coefficient (Wildman–Crippen LogP) is 1.04. The third-order valence-corrected chi connectivity index (χ3v) is 3.50. The molecule has 1 saturated heterocycles. The predicted molar refractivity (Wildman–Crippen MR) is 76.1 cm³/mol. The molecule has 21 heavy (non-hydrogen) atoms. The van der Waals surface area contributed by atoms with Gasteiger partial charge in [-0.15, -0.1) is 0 Å². The summed E-state index contributed by atoms with van der Waals surface area (Å²) in [5.41, 5.74) is 0.645. The summed E-state index contributed by atoms with van der Waals surface area (Å²) in [5, 5.41) is 0. The zero-order chi connectivity index (χ0) is 14.8. The highest BCUT2D eigenvalue weighted by atomic mass is 16.4. The lowest BCUT2D eigenvalue weighted by atomic mass is 10.2. The SMILES string of the molecule is Cc1nc(C)c(C(=O)N2CCN(c3ncccn3)CC2)o1. The number of piperazine rings is 1. The second-order valence-corrected chi connectivity index (χ2v) is 4.98. The van der Waals surface area contributed by atoms with Gasteiger partial charge in [0.05, 0.1) is 5.69 Å². The van der Waals surface area contributed by atoms with E-state index in [9.17, 15) is 4.79 Å². The summed E-state index contributed by atoms with van der Waals surface area (Å²) in [5.74, 6) is 1.47.